The number of likely N-dealkylation sites (tertiary alicyclic amines) is 1. The van der Waals surface area contributed by atoms with Gasteiger partial charge in [0.15, 0.2) is 12.0 Å². The molecule has 0 spiro atoms. The van der Waals surface area contributed by atoms with Gasteiger partial charge in [-0.3, -0.25) is 9.69 Å². The van der Waals surface area contributed by atoms with Crippen molar-refractivity contribution < 1.29 is 31.8 Å². The number of halogens is 4. The van der Waals surface area contributed by atoms with E-state index in [0.717, 1.165) is 19.4 Å². The number of aryl methyl sites for hydroxylation is 1. The van der Waals surface area contributed by atoms with Gasteiger partial charge in [0, 0.05) is 38.0 Å². The number of ether oxygens (including phenoxy) is 2. The van der Waals surface area contributed by atoms with E-state index in [1.54, 1.807) is 44.5 Å². The Bertz CT molecular complexity index is 1450. The SMILES string of the molecule is COC[C@@H]1CCCN1Cc1cc2c(c(C(F)(F)F)c1)CN(c1cccc(C3([C@@H](F)c4nncn4C)COC3)c1)C2=O. The summed E-state index contributed by atoms with van der Waals surface area (Å²) in [6.45, 7) is 1.53. The zero-order chi connectivity index (χ0) is 28.9. The Morgan fingerprint density at radius 1 is 1.22 bits per heavy atom. The molecule has 3 aromatic rings. The zero-order valence-electron chi connectivity index (χ0n) is 22.8. The number of fused-ring (bicyclic) bond motifs is 1. The minimum atomic E-state index is -4.62. The number of hydrogen-bond acceptors (Lipinski definition) is 6. The maximum atomic E-state index is 15.9. The summed E-state index contributed by atoms with van der Waals surface area (Å²) in [6.07, 6.45) is -2.88. The lowest BCUT2D eigenvalue weighted by atomic mass is 9.74. The second-order valence-electron chi connectivity index (χ2n) is 11.1. The molecule has 12 heteroatoms. The predicted molar refractivity (Wildman–Crippen MR) is 141 cm³/mol. The van der Waals surface area contributed by atoms with Crippen LogP contribution < -0.4 is 4.90 Å². The van der Waals surface area contributed by atoms with E-state index in [0.29, 0.717) is 30.0 Å². The van der Waals surface area contributed by atoms with Gasteiger partial charge in [-0.05, 0) is 60.3 Å². The first-order chi connectivity index (χ1) is 19.6. The molecule has 1 amide bonds. The van der Waals surface area contributed by atoms with E-state index in [1.165, 1.54) is 21.9 Å². The highest BCUT2D eigenvalue weighted by molar-refractivity contribution is 6.10. The van der Waals surface area contributed by atoms with Crippen LogP contribution in [0.2, 0.25) is 0 Å². The number of carbonyl (C=O) groups excluding carboxylic acids is 1. The molecule has 1 aromatic heterocycles. The van der Waals surface area contributed by atoms with Crippen LogP contribution in [0.3, 0.4) is 0 Å². The van der Waals surface area contributed by atoms with Gasteiger partial charge in [-0.1, -0.05) is 12.1 Å². The summed E-state index contributed by atoms with van der Waals surface area (Å²) in [5.74, 6) is -0.361. The molecule has 0 aliphatic carbocycles. The van der Waals surface area contributed by atoms with Crippen LogP contribution in [0.5, 0.6) is 0 Å². The maximum Gasteiger partial charge on any atom is 0.416 e. The van der Waals surface area contributed by atoms with Crippen molar-refractivity contribution in [3.05, 3.63) is 76.4 Å². The molecule has 218 valence electrons. The molecule has 4 heterocycles. The van der Waals surface area contributed by atoms with Crippen molar-refractivity contribution in [3.63, 3.8) is 0 Å². The normalized spacial score (nSPS) is 21.3. The van der Waals surface area contributed by atoms with Crippen molar-refractivity contribution in [3.8, 4) is 0 Å². The van der Waals surface area contributed by atoms with Crippen molar-refractivity contribution in [2.75, 3.05) is 38.4 Å². The number of anilines is 1. The van der Waals surface area contributed by atoms with Crippen molar-refractivity contribution in [2.45, 2.75) is 49.7 Å². The number of amides is 1. The van der Waals surface area contributed by atoms with Crippen LogP contribution in [0, 0.1) is 0 Å². The van der Waals surface area contributed by atoms with E-state index in [9.17, 15) is 18.0 Å². The van der Waals surface area contributed by atoms with Crippen LogP contribution in [-0.2, 0) is 41.2 Å². The second kappa shape index (κ2) is 10.5. The van der Waals surface area contributed by atoms with Crippen LogP contribution in [0.1, 0.15) is 57.4 Å². The molecule has 3 aliphatic heterocycles. The van der Waals surface area contributed by atoms with Crippen molar-refractivity contribution in [1.82, 2.24) is 19.7 Å². The Morgan fingerprint density at radius 2 is 2.02 bits per heavy atom. The van der Waals surface area contributed by atoms with Gasteiger partial charge in [-0.2, -0.15) is 13.2 Å². The van der Waals surface area contributed by atoms with Gasteiger partial charge in [0.2, 0.25) is 0 Å². The smallest absolute Gasteiger partial charge is 0.383 e. The number of nitrogens with zero attached hydrogens (tertiary/aromatic N) is 5. The highest BCUT2D eigenvalue weighted by Gasteiger charge is 2.51. The Hall–Kier alpha value is -3.35. The van der Waals surface area contributed by atoms with Crippen molar-refractivity contribution in [2.24, 2.45) is 7.05 Å². The van der Waals surface area contributed by atoms with Crippen LogP contribution in [0.4, 0.5) is 23.2 Å². The zero-order valence-corrected chi connectivity index (χ0v) is 22.8. The number of alkyl halides is 4. The fraction of sp³-hybridized carbons (Fsp3) is 0.483. The highest BCUT2D eigenvalue weighted by atomic mass is 19.4. The molecular formula is C29H31F4N5O3. The van der Waals surface area contributed by atoms with Crippen LogP contribution in [-0.4, -0.2) is 65.1 Å². The largest absolute Gasteiger partial charge is 0.416 e. The first kappa shape index (κ1) is 27.8. The quantitative estimate of drug-likeness (QED) is 0.368. The Labute approximate surface area is 234 Å². The fourth-order valence-electron chi connectivity index (χ4n) is 6.27. The van der Waals surface area contributed by atoms with E-state index in [4.69, 9.17) is 9.47 Å². The van der Waals surface area contributed by atoms with E-state index < -0.39 is 29.2 Å². The molecule has 6 rings (SSSR count). The lowest BCUT2D eigenvalue weighted by Crippen LogP contribution is -2.50. The van der Waals surface area contributed by atoms with E-state index in [2.05, 4.69) is 15.1 Å². The molecule has 0 N–H and O–H groups in total. The number of methoxy groups -OCH3 is 1. The third-order valence-corrected chi connectivity index (χ3v) is 8.56. The molecule has 8 nitrogen and oxygen atoms in total. The maximum absolute atomic E-state index is 15.9. The average molecular weight is 574 g/mol. The van der Waals surface area contributed by atoms with E-state index in [1.807, 2.05) is 0 Å². The Balaban J connectivity index is 1.32. The number of hydrogen-bond donors (Lipinski definition) is 0. The van der Waals surface area contributed by atoms with Crippen molar-refractivity contribution >= 4 is 11.6 Å². The average Bonchev–Trinajstić information content (AvgIpc) is 3.62. The molecule has 3 aliphatic rings. The summed E-state index contributed by atoms with van der Waals surface area (Å²) in [5.41, 5.74) is -0.426. The first-order valence-electron chi connectivity index (χ1n) is 13.6. The summed E-state index contributed by atoms with van der Waals surface area (Å²) in [4.78, 5) is 17.1. The monoisotopic (exact) mass is 573 g/mol. The lowest BCUT2D eigenvalue weighted by molar-refractivity contribution is -0.138. The third kappa shape index (κ3) is 4.81. The lowest BCUT2D eigenvalue weighted by Gasteiger charge is -2.43. The van der Waals surface area contributed by atoms with Gasteiger partial charge in [0.05, 0.1) is 37.3 Å². The number of rotatable bonds is 8. The summed E-state index contributed by atoms with van der Waals surface area (Å²) < 4.78 is 70.9. The van der Waals surface area contributed by atoms with Crippen LogP contribution >= 0.6 is 0 Å². The summed E-state index contributed by atoms with van der Waals surface area (Å²) in [7, 11) is 3.26. The van der Waals surface area contributed by atoms with Crippen LogP contribution in [0.15, 0.2) is 42.7 Å². The molecule has 0 bridgehead atoms. The van der Waals surface area contributed by atoms with E-state index in [-0.39, 0.29) is 42.8 Å². The van der Waals surface area contributed by atoms with Gasteiger partial charge in [0.25, 0.3) is 5.91 Å². The summed E-state index contributed by atoms with van der Waals surface area (Å²) >= 11 is 0. The molecule has 2 aromatic carbocycles. The number of carbonyl (C=O) groups is 1. The molecular weight excluding hydrogens is 542 g/mol. The summed E-state index contributed by atoms with van der Waals surface area (Å²) in [5, 5.41) is 7.70. The molecule has 2 fully saturated rings. The second-order valence-corrected chi connectivity index (χ2v) is 11.1. The molecule has 2 atom stereocenters. The molecule has 0 unspecified atom stereocenters. The minimum absolute atomic E-state index is 0.0457. The van der Waals surface area contributed by atoms with Crippen LogP contribution in [0.25, 0.3) is 0 Å². The van der Waals surface area contributed by atoms with Gasteiger partial charge in [-0.15, -0.1) is 10.2 Å². The predicted octanol–water partition coefficient (Wildman–Crippen LogP) is 4.58. The Morgan fingerprint density at radius 3 is 2.68 bits per heavy atom. The number of benzene rings is 2. The van der Waals surface area contributed by atoms with Gasteiger partial charge in [0.1, 0.15) is 6.33 Å². The highest BCUT2D eigenvalue weighted by Crippen LogP contribution is 2.47. The molecule has 0 saturated carbocycles. The van der Waals surface area contributed by atoms with Crippen molar-refractivity contribution in [1.29, 1.82) is 0 Å². The topological polar surface area (TPSA) is 72.7 Å². The minimum Gasteiger partial charge on any atom is -0.383 e. The third-order valence-electron chi connectivity index (χ3n) is 8.56. The van der Waals surface area contributed by atoms with Gasteiger partial charge < -0.3 is 18.9 Å². The fourth-order valence-corrected chi connectivity index (χ4v) is 6.27. The standard InChI is InChI=1S/C29H31F4N5O3/c1-36-17-34-35-26(36)25(30)28(15-41-16-28)19-5-3-6-20(11-19)38-13-23-22(27(38)39)9-18(10-24(23)29(31,32)33)12-37-8-4-7-21(37)14-40-2/h3,5-6,9-11,17,21,25H,4,7-8,12-16H2,1-2H3/t21-,25-/m0/s1. The number of aromatic nitrogens is 3. The van der Waals surface area contributed by atoms with Gasteiger partial charge >= 0.3 is 6.18 Å². The van der Waals surface area contributed by atoms with Gasteiger partial charge in [-0.25, -0.2) is 4.39 Å². The molecule has 2 saturated heterocycles. The van der Waals surface area contributed by atoms with E-state index >= 15 is 4.39 Å². The molecule has 41 heavy (non-hydrogen) atoms. The molecule has 0 radical (unpaired) electrons. The Kier molecular flexibility index (Phi) is 7.11. The summed E-state index contributed by atoms with van der Waals surface area (Å²) in [6, 6.07) is 9.64. The first-order valence-corrected chi connectivity index (χ1v) is 13.6.